The number of alkyl halides is 3. The lowest BCUT2D eigenvalue weighted by Gasteiger charge is -2.12. The predicted molar refractivity (Wildman–Crippen MR) is 63.0 cm³/mol. The molecule has 2 rings (SSSR count). The van der Waals surface area contributed by atoms with E-state index < -0.39 is 33.0 Å². The van der Waals surface area contributed by atoms with E-state index in [2.05, 4.69) is 18.9 Å². The summed E-state index contributed by atoms with van der Waals surface area (Å²) in [5.41, 5.74) is -6.13. The Kier molecular flexibility index (Phi) is 3.53. The number of carbonyl (C=O) groups is 1. The smallest absolute Gasteiger partial charge is 0.464 e. The number of esters is 1. The molecule has 0 fully saturated rings. The van der Waals surface area contributed by atoms with Gasteiger partial charge in [0.2, 0.25) is 0 Å². The van der Waals surface area contributed by atoms with E-state index in [1.165, 1.54) is 12.3 Å². The van der Waals surface area contributed by atoms with Crippen LogP contribution in [0.3, 0.4) is 0 Å². The van der Waals surface area contributed by atoms with E-state index in [1.807, 2.05) is 0 Å². The van der Waals surface area contributed by atoms with Crippen LogP contribution in [0, 0.1) is 0 Å². The van der Waals surface area contributed by atoms with Crippen molar-refractivity contribution in [1.82, 2.24) is 9.97 Å². The first-order valence-corrected chi connectivity index (χ1v) is 6.63. The van der Waals surface area contributed by atoms with Crippen molar-refractivity contribution >= 4 is 27.0 Å². The van der Waals surface area contributed by atoms with E-state index in [4.69, 9.17) is 0 Å². The van der Waals surface area contributed by atoms with Crippen LogP contribution in [0.15, 0.2) is 18.5 Å². The fraction of sp³-hybridized carbons (Fsp3) is 0.200. The molecule has 0 radical (unpaired) electrons. The van der Waals surface area contributed by atoms with Gasteiger partial charge in [-0.05, 0) is 6.07 Å². The minimum Gasteiger partial charge on any atom is -0.464 e. The number of pyridine rings is 1. The Bertz CT molecular complexity index is 797. The minimum absolute atomic E-state index is 0.0572. The molecule has 0 saturated heterocycles. The molecule has 0 aliphatic rings. The predicted octanol–water partition coefficient (Wildman–Crippen LogP) is 1.58. The number of nitrogens with zero attached hydrogens (tertiary/aromatic N) is 1. The number of methoxy groups -OCH3 is 1. The molecule has 2 aromatic rings. The first-order valence-electron chi connectivity index (χ1n) is 5.22. The van der Waals surface area contributed by atoms with Crippen molar-refractivity contribution in [2.75, 3.05) is 7.11 Å². The number of aromatic nitrogens is 2. The zero-order chi connectivity index (χ0) is 15.8. The molecular weight excluding hydrogens is 317 g/mol. The number of H-pyrrole nitrogens is 1. The average molecular weight is 324 g/mol. The second-order valence-electron chi connectivity index (χ2n) is 3.72. The Balaban J connectivity index is 2.65. The molecule has 1 N–H and O–H groups in total. The molecule has 2 heterocycles. The van der Waals surface area contributed by atoms with Crippen molar-refractivity contribution in [1.29, 1.82) is 0 Å². The number of halogens is 3. The molecule has 0 atom stereocenters. The molecule has 0 spiro atoms. The number of fused-ring (bicyclic) bond motifs is 1. The van der Waals surface area contributed by atoms with E-state index in [0.717, 1.165) is 13.3 Å². The standard InChI is InChI=1S/C10H7F3N2O5S/c1-19-9(16)7-8(20-21(17,18)10(11,12)13)5-2-3-14-6(5)4-15-7/h2-4,14H,1H3. The summed E-state index contributed by atoms with van der Waals surface area (Å²) >= 11 is 0. The summed E-state index contributed by atoms with van der Waals surface area (Å²) in [6.07, 6.45) is 2.45. The van der Waals surface area contributed by atoms with Crippen molar-refractivity contribution in [2.45, 2.75) is 5.51 Å². The van der Waals surface area contributed by atoms with Gasteiger partial charge in [-0.3, -0.25) is 0 Å². The van der Waals surface area contributed by atoms with Crippen LogP contribution in [0.2, 0.25) is 0 Å². The van der Waals surface area contributed by atoms with Gasteiger partial charge in [0, 0.05) is 11.6 Å². The number of rotatable bonds is 3. The number of hydrogen-bond donors (Lipinski definition) is 1. The highest BCUT2D eigenvalue weighted by Crippen LogP contribution is 2.33. The van der Waals surface area contributed by atoms with Gasteiger partial charge < -0.3 is 13.9 Å². The summed E-state index contributed by atoms with van der Waals surface area (Å²) in [6.45, 7) is 0. The minimum atomic E-state index is -5.95. The van der Waals surface area contributed by atoms with Gasteiger partial charge in [-0.1, -0.05) is 0 Å². The van der Waals surface area contributed by atoms with Crippen molar-refractivity contribution in [3.63, 3.8) is 0 Å². The van der Waals surface area contributed by atoms with E-state index in [0.29, 0.717) is 0 Å². The largest absolute Gasteiger partial charge is 0.534 e. The van der Waals surface area contributed by atoms with Gasteiger partial charge in [0.05, 0.1) is 18.8 Å². The molecule has 2 aromatic heterocycles. The molecule has 0 aliphatic carbocycles. The first kappa shape index (κ1) is 15.1. The molecule has 0 amide bonds. The van der Waals surface area contributed by atoms with Crippen molar-refractivity contribution in [2.24, 2.45) is 0 Å². The van der Waals surface area contributed by atoms with Crippen LogP contribution in [0.25, 0.3) is 10.9 Å². The lowest BCUT2D eigenvalue weighted by molar-refractivity contribution is -0.0500. The molecule has 11 heteroatoms. The van der Waals surface area contributed by atoms with Crippen LogP contribution in [0.1, 0.15) is 10.5 Å². The zero-order valence-corrected chi connectivity index (χ0v) is 11.1. The Labute approximate surface area is 115 Å². The summed E-state index contributed by atoms with van der Waals surface area (Å²) in [6, 6.07) is 1.24. The normalized spacial score (nSPS) is 12.4. The van der Waals surface area contributed by atoms with Crippen LogP contribution < -0.4 is 4.18 Å². The average Bonchev–Trinajstić information content (AvgIpc) is 2.85. The molecule has 0 unspecified atom stereocenters. The van der Waals surface area contributed by atoms with Crippen LogP contribution >= 0.6 is 0 Å². The fourth-order valence-corrected chi connectivity index (χ4v) is 1.97. The summed E-state index contributed by atoms with van der Waals surface area (Å²) in [7, 11) is -4.98. The number of aromatic amines is 1. The Hall–Kier alpha value is -2.30. The second kappa shape index (κ2) is 4.91. The van der Waals surface area contributed by atoms with E-state index in [1.54, 1.807) is 0 Å². The van der Waals surface area contributed by atoms with Gasteiger partial charge in [-0.25, -0.2) is 9.78 Å². The number of carbonyl (C=O) groups excluding carboxylic acids is 1. The van der Waals surface area contributed by atoms with Gasteiger partial charge in [0.15, 0.2) is 11.4 Å². The topological polar surface area (TPSA) is 98.3 Å². The lowest BCUT2D eigenvalue weighted by Crippen LogP contribution is -2.29. The second-order valence-corrected chi connectivity index (χ2v) is 5.25. The van der Waals surface area contributed by atoms with Crippen LogP contribution in [0.5, 0.6) is 5.75 Å². The fourth-order valence-electron chi connectivity index (χ4n) is 1.49. The lowest BCUT2D eigenvalue weighted by atomic mass is 10.2. The van der Waals surface area contributed by atoms with Gasteiger partial charge in [0.1, 0.15) is 0 Å². The van der Waals surface area contributed by atoms with E-state index >= 15 is 0 Å². The molecular formula is C10H7F3N2O5S. The molecule has 0 saturated carbocycles. The molecule has 0 bridgehead atoms. The maximum Gasteiger partial charge on any atom is 0.534 e. The SMILES string of the molecule is COC(=O)c1ncc2[nH]ccc2c1OS(=O)(=O)C(F)(F)F. The third kappa shape index (κ3) is 2.63. The highest BCUT2D eigenvalue weighted by Gasteiger charge is 2.49. The zero-order valence-electron chi connectivity index (χ0n) is 10.3. The monoisotopic (exact) mass is 324 g/mol. The third-order valence-corrected chi connectivity index (χ3v) is 3.37. The highest BCUT2D eigenvalue weighted by atomic mass is 32.2. The summed E-state index contributed by atoms with van der Waals surface area (Å²) in [5, 5.41) is -0.0572. The molecule has 0 aromatic carbocycles. The molecule has 114 valence electrons. The Morgan fingerprint density at radius 1 is 1.38 bits per heavy atom. The van der Waals surface area contributed by atoms with Gasteiger partial charge in [0.25, 0.3) is 0 Å². The van der Waals surface area contributed by atoms with Crippen molar-refractivity contribution in [3.8, 4) is 5.75 Å². The van der Waals surface area contributed by atoms with Crippen molar-refractivity contribution < 1.29 is 35.3 Å². The summed E-state index contributed by atoms with van der Waals surface area (Å²) < 4.78 is 67.8. The quantitative estimate of drug-likeness (QED) is 0.523. The maximum atomic E-state index is 12.4. The van der Waals surface area contributed by atoms with Crippen molar-refractivity contribution in [3.05, 3.63) is 24.2 Å². The van der Waals surface area contributed by atoms with Crippen LogP contribution in [-0.2, 0) is 14.9 Å². The Morgan fingerprint density at radius 3 is 2.62 bits per heavy atom. The van der Waals surface area contributed by atoms with E-state index in [9.17, 15) is 26.4 Å². The number of hydrogen-bond acceptors (Lipinski definition) is 6. The van der Waals surface area contributed by atoms with Gasteiger partial charge in [-0.15, -0.1) is 0 Å². The number of nitrogens with one attached hydrogen (secondary N) is 1. The highest BCUT2D eigenvalue weighted by molar-refractivity contribution is 7.88. The molecule has 7 nitrogen and oxygen atoms in total. The van der Waals surface area contributed by atoms with Crippen LogP contribution in [0.4, 0.5) is 13.2 Å². The van der Waals surface area contributed by atoms with Crippen LogP contribution in [-0.4, -0.2) is 37.0 Å². The third-order valence-electron chi connectivity index (χ3n) is 2.42. The first-order chi connectivity index (χ1) is 9.67. The molecule has 0 aliphatic heterocycles. The molecule has 21 heavy (non-hydrogen) atoms. The number of ether oxygens (including phenoxy) is 1. The van der Waals surface area contributed by atoms with Gasteiger partial charge in [-0.2, -0.15) is 21.6 Å². The summed E-state index contributed by atoms with van der Waals surface area (Å²) in [5.74, 6) is -1.98. The van der Waals surface area contributed by atoms with Gasteiger partial charge >= 0.3 is 21.6 Å². The summed E-state index contributed by atoms with van der Waals surface area (Å²) in [4.78, 5) is 17.6. The Morgan fingerprint density at radius 2 is 2.05 bits per heavy atom. The maximum absolute atomic E-state index is 12.4. The van der Waals surface area contributed by atoms with E-state index in [-0.39, 0.29) is 10.9 Å².